The summed E-state index contributed by atoms with van der Waals surface area (Å²) in [6.07, 6.45) is 6.79. The van der Waals surface area contributed by atoms with Crippen LogP contribution in [0.2, 0.25) is 0 Å². The molecule has 3 aromatic heterocycles. The molecule has 1 saturated carbocycles. The molecule has 1 aliphatic rings. The molecule has 1 fully saturated rings. The number of nitrogens with zero attached hydrogens (tertiary/aromatic N) is 5. The molecule has 0 aliphatic heterocycles. The van der Waals surface area contributed by atoms with Gasteiger partial charge in [-0.1, -0.05) is 56.3 Å². The average Bonchev–Trinajstić information content (AvgIpc) is 3.48. The molecule has 0 atom stereocenters. The molecule has 34 heavy (non-hydrogen) atoms. The van der Waals surface area contributed by atoms with Crippen LogP contribution >= 0.6 is 0 Å². The summed E-state index contributed by atoms with van der Waals surface area (Å²) in [5, 5.41) is 0. The average molecular weight is 452 g/mol. The van der Waals surface area contributed by atoms with E-state index in [0.717, 1.165) is 52.6 Å². The Hall–Kier alpha value is -3.84. The summed E-state index contributed by atoms with van der Waals surface area (Å²) in [5.74, 6) is 2.24. The highest BCUT2D eigenvalue weighted by atomic mass is 15.2. The maximum atomic E-state index is 6.54. The van der Waals surface area contributed by atoms with E-state index in [2.05, 4.69) is 55.9 Å². The van der Waals surface area contributed by atoms with E-state index in [1.807, 2.05) is 39.0 Å². The fourth-order valence-electron chi connectivity index (χ4n) is 4.35. The third-order valence-corrected chi connectivity index (χ3v) is 6.32. The number of hydrogen-bond donors (Lipinski definition) is 2. The van der Waals surface area contributed by atoms with Crippen LogP contribution in [-0.4, -0.2) is 29.5 Å². The van der Waals surface area contributed by atoms with Crippen LogP contribution in [0.15, 0.2) is 67.0 Å². The number of rotatable bonds is 4. The van der Waals surface area contributed by atoms with E-state index in [0.29, 0.717) is 5.82 Å². The molecule has 0 unspecified atom stereocenters. The molecule has 5 aromatic rings. The zero-order valence-electron chi connectivity index (χ0n) is 19.8. The van der Waals surface area contributed by atoms with Gasteiger partial charge in [0.05, 0.1) is 12.4 Å². The first-order valence-electron chi connectivity index (χ1n) is 11.8. The first kappa shape index (κ1) is 22.0. The first-order valence-corrected chi connectivity index (χ1v) is 11.8. The summed E-state index contributed by atoms with van der Waals surface area (Å²) in [6, 6.07) is 18.6. The van der Waals surface area contributed by atoms with Gasteiger partial charge < -0.3 is 10.7 Å². The van der Waals surface area contributed by atoms with Crippen molar-refractivity contribution in [3.05, 3.63) is 78.4 Å². The number of aromatic nitrogens is 6. The minimum absolute atomic E-state index is 0.189. The zero-order chi connectivity index (χ0) is 23.7. The Bertz CT molecular complexity index is 1410. The molecule has 6 rings (SSSR count). The summed E-state index contributed by atoms with van der Waals surface area (Å²) >= 11 is 0. The number of fused-ring (bicyclic) bond motifs is 1. The SMILES string of the molecule is CC.Cc1ncc(-c2ncc3nc(-c4ccccc4)n(-c4ccc(C5(N)CCC5)cc4)c3n2)[nH]1. The fourth-order valence-corrected chi connectivity index (χ4v) is 4.35. The second-order valence-corrected chi connectivity index (χ2v) is 8.48. The van der Waals surface area contributed by atoms with Gasteiger partial charge in [-0.15, -0.1) is 0 Å². The molecule has 3 N–H and O–H groups in total. The van der Waals surface area contributed by atoms with Gasteiger partial charge in [0.15, 0.2) is 11.5 Å². The summed E-state index contributed by atoms with van der Waals surface area (Å²) in [7, 11) is 0. The molecular formula is C27H29N7. The number of aryl methyl sites for hydroxylation is 1. The van der Waals surface area contributed by atoms with Gasteiger partial charge in [0.25, 0.3) is 0 Å². The Morgan fingerprint density at radius 1 is 0.912 bits per heavy atom. The largest absolute Gasteiger partial charge is 0.340 e. The maximum Gasteiger partial charge on any atom is 0.179 e. The van der Waals surface area contributed by atoms with Crippen LogP contribution in [-0.2, 0) is 5.54 Å². The molecule has 3 heterocycles. The Balaban J connectivity index is 0.00000117. The van der Waals surface area contributed by atoms with E-state index < -0.39 is 0 Å². The van der Waals surface area contributed by atoms with Gasteiger partial charge in [0, 0.05) is 16.8 Å². The second kappa shape index (κ2) is 8.83. The van der Waals surface area contributed by atoms with Gasteiger partial charge in [0.1, 0.15) is 22.9 Å². The molecule has 0 radical (unpaired) electrons. The third-order valence-electron chi connectivity index (χ3n) is 6.32. The standard InChI is InChI=1S/C25H23N7.C2H6/c1-16-27-14-20(29-16)22-28-15-21-24(31-22)32(23(30-21)17-6-3-2-4-7-17)19-10-8-18(9-11-19)25(26)12-5-13-25;1-2/h2-4,6-11,14-15H,5,12-13,26H2,1H3,(H,27,29);1-2H3. The summed E-state index contributed by atoms with van der Waals surface area (Å²) in [6.45, 7) is 5.91. The highest BCUT2D eigenvalue weighted by Crippen LogP contribution is 2.39. The van der Waals surface area contributed by atoms with Crippen LogP contribution in [0.25, 0.3) is 39.8 Å². The molecule has 1 aliphatic carbocycles. The molecule has 2 aromatic carbocycles. The molecular weight excluding hydrogens is 422 g/mol. The van der Waals surface area contributed by atoms with Gasteiger partial charge in [-0.05, 0) is 43.9 Å². The fraction of sp³-hybridized carbons (Fsp3) is 0.259. The van der Waals surface area contributed by atoms with Crippen LogP contribution in [0.4, 0.5) is 0 Å². The molecule has 0 bridgehead atoms. The zero-order valence-corrected chi connectivity index (χ0v) is 19.8. The highest BCUT2D eigenvalue weighted by molar-refractivity contribution is 5.80. The quantitative estimate of drug-likeness (QED) is 0.373. The van der Waals surface area contributed by atoms with Crippen molar-refractivity contribution in [1.29, 1.82) is 0 Å². The monoisotopic (exact) mass is 451 g/mol. The number of H-pyrrole nitrogens is 1. The molecule has 0 saturated heterocycles. The Kier molecular flexibility index (Phi) is 5.71. The van der Waals surface area contributed by atoms with E-state index >= 15 is 0 Å². The molecule has 0 spiro atoms. The van der Waals surface area contributed by atoms with Crippen molar-refractivity contribution in [1.82, 2.24) is 29.5 Å². The first-order chi connectivity index (χ1) is 16.6. The van der Waals surface area contributed by atoms with Crippen molar-refractivity contribution in [2.24, 2.45) is 5.73 Å². The minimum atomic E-state index is -0.189. The van der Waals surface area contributed by atoms with Crippen LogP contribution in [0.3, 0.4) is 0 Å². The lowest BCUT2D eigenvalue weighted by atomic mass is 9.73. The molecule has 7 heteroatoms. The molecule has 7 nitrogen and oxygen atoms in total. The van der Waals surface area contributed by atoms with Gasteiger partial charge in [-0.2, -0.15) is 0 Å². The number of hydrogen-bond acceptors (Lipinski definition) is 5. The lowest BCUT2D eigenvalue weighted by Gasteiger charge is -2.38. The van der Waals surface area contributed by atoms with Gasteiger partial charge in [-0.25, -0.2) is 19.9 Å². The Morgan fingerprint density at radius 2 is 1.65 bits per heavy atom. The normalized spacial score (nSPS) is 14.4. The van der Waals surface area contributed by atoms with Crippen molar-refractivity contribution in [3.8, 4) is 28.6 Å². The van der Waals surface area contributed by atoms with Crippen LogP contribution < -0.4 is 5.73 Å². The van der Waals surface area contributed by atoms with Gasteiger partial charge in [-0.3, -0.25) is 4.57 Å². The second-order valence-electron chi connectivity index (χ2n) is 8.48. The maximum absolute atomic E-state index is 6.54. The summed E-state index contributed by atoms with van der Waals surface area (Å²) in [5.41, 5.74) is 11.8. The number of nitrogens with one attached hydrogen (secondary N) is 1. The summed E-state index contributed by atoms with van der Waals surface area (Å²) in [4.78, 5) is 21.8. The van der Waals surface area contributed by atoms with E-state index in [1.54, 1.807) is 12.4 Å². The Morgan fingerprint density at radius 3 is 2.26 bits per heavy atom. The van der Waals surface area contributed by atoms with Crippen molar-refractivity contribution in [3.63, 3.8) is 0 Å². The number of benzene rings is 2. The Labute approximate surface area is 199 Å². The molecule has 172 valence electrons. The van der Waals surface area contributed by atoms with E-state index in [1.165, 1.54) is 12.0 Å². The van der Waals surface area contributed by atoms with Gasteiger partial charge >= 0.3 is 0 Å². The lowest BCUT2D eigenvalue weighted by Crippen LogP contribution is -2.43. The topological polar surface area (TPSA) is 98.3 Å². The van der Waals surface area contributed by atoms with E-state index in [9.17, 15) is 0 Å². The van der Waals surface area contributed by atoms with Crippen molar-refractivity contribution in [2.75, 3.05) is 0 Å². The van der Waals surface area contributed by atoms with Crippen molar-refractivity contribution < 1.29 is 0 Å². The number of imidazole rings is 2. The third kappa shape index (κ3) is 3.78. The predicted octanol–water partition coefficient (Wildman–Crippen LogP) is 5.55. The van der Waals surface area contributed by atoms with Crippen LogP contribution in [0.1, 0.15) is 44.5 Å². The number of aromatic amines is 1. The van der Waals surface area contributed by atoms with Crippen molar-refractivity contribution >= 4 is 11.2 Å². The van der Waals surface area contributed by atoms with Gasteiger partial charge in [0.2, 0.25) is 0 Å². The summed E-state index contributed by atoms with van der Waals surface area (Å²) < 4.78 is 2.09. The number of nitrogens with two attached hydrogens (primary N) is 1. The predicted molar refractivity (Wildman–Crippen MR) is 135 cm³/mol. The van der Waals surface area contributed by atoms with Crippen LogP contribution in [0, 0.1) is 6.92 Å². The molecule has 0 amide bonds. The lowest BCUT2D eigenvalue weighted by molar-refractivity contribution is 0.253. The highest BCUT2D eigenvalue weighted by Gasteiger charge is 2.34. The van der Waals surface area contributed by atoms with Crippen LogP contribution in [0.5, 0.6) is 0 Å². The smallest absolute Gasteiger partial charge is 0.179 e. The van der Waals surface area contributed by atoms with E-state index in [-0.39, 0.29) is 5.54 Å². The van der Waals surface area contributed by atoms with Crippen molar-refractivity contribution in [2.45, 2.75) is 45.6 Å². The van der Waals surface area contributed by atoms with E-state index in [4.69, 9.17) is 15.7 Å². The minimum Gasteiger partial charge on any atom is -0.340 e.